The summed E-state index contributed by atoms with van der Waals surface area (Å²) in [5.41, 5.74) is 2.93. The smallest absolute Gasteiger partial charge is 0.254 e. The standard InChI is InChI=1S/C30H32N4O3S/c1-30(2,24-11-5-4-6-12-24)34-19-17-33(18-20-34)29(35)23-14-15-25(26(21-23)37-3)32-38(36)27-13-7-9-22-10-8-16-31-28(22)27/h4-16,21,32H,17-20H2,1-3H3. The van der Waals surface area contributed by atoms with E-state index >= 15 is 0 Å². The quantitative estimate of drug-likeness (QED) is 0.363. The van der Waals surface area contributed by atoms with Crippen LogP contribution in [0.2, 0.25) is 0 Å². The number of para-hydroxylation sites is 1. The van der Waals surface area contributed by atoms with Crippen LogP contribution in [0.5, 0.6) is 5.75 Å². The maximum atomic E-state index is 13.4. The van der Waals surface area contributed by atoms with Crippen LogP contribution in [0.3, 0.4) is 0 Å². The second-order valence-electron chi connectivity index (χ2n) is 9.82. The van der Waals surface area contributed by atoms with Gasteiger partial charge in [0.15, 0.2) is 11.0 Å². The highest BCUT2D eigenvalue weighted by Gasteiger charge is 2.32. The van der Waals surface area contributed by atoms with Crippen LogP contribution in [0.25, 0.3) is 10.9 Å². The fourth-order valence-electron chi connectivity index (χ4n) is 4.97. The third kappa shape index (κ3) is 5.14. The van der Waals surface area contributed by atoms with Gasteiger partial charge in [-0.3, -0.25) is 19.4 Å². The van der Waals surface area contributed by atoms with E-state index in [4.69, 9.17) is 4.74 Å². The van der Waals surface area contributed by atoms with Gasteiger partial charge in [0, 0.05) is 48.9 Å². The van der Waals surface area contributed by atoms with Gasteiger partial charge in [-0.15, -0.1) is 0 Å². The SMILES string of the molecule is COc1cc(C(=O)N2CCN(C(C)(C)c3ccccc3)CC2)ccc1NS(=O)c1cccc2cccnc12. The van der Waals surface area contributed by atoms with E-state index in [1.54, 1.807) is 37.6 Å². The van der Waals surface area contributed by atoms with Gasteiger partial charge < -0.3 is 9.64 Å². The van der Waals surface area contributed by atoms with E-state index < -0.39 is 11.0 Å². The molecule has 2 heterocycles. The minimum Gasteiger partial charge on any atom is -0.495 e. The van der Waals surface area contributed by atoms with Crippen molar-refractivity contribution in [3.8, 4) is 5.75 Å². The topological polar surface area (TPSA) is 74.8 Å². The highest BCUT2D eigenvalue weighted by molar-refractivity contribution is 7.86. The van der Waals surface area contributed by atoms with Crippen molar-refractivity contribution < 1.29 is 13.7 Å². The summed E-state index contributed by atoms with van der Waals surface area (Å²) in [6, 6.07) is 25.1. The van der Waals surface area contributed by atoms with Gasteiger partial charge in [0.05, 0.1) is 23.2 Å². The lowest BCUT2D eigenvalue weighted by atomic mass is 9.91. The Kier molecular flexibility index (Phi) is 7.44. The Morgan fingerprint density at radius 3 is 2.42 bits per heavy atom. The molecule has 8 heteroatoms. The summed E-state index contributed by atoms with van der Waals surface area (Å²) in [7, 11) is -0.0211. The first-order chi connectivity index (χ1) is 18.4. The normalized spacial score (nSPS) is 15.3. The molecule has 0 aliphatic carbocycles. The molecule has 196 valence electrons. The zero-order valence-corrected chi connectivity index (χ0v) is 22.7. The van der Waals surface area contributed by atoms with Gasteiger partial charge in [0.1, 0.15) is 5.75 Å². The fraction of sp³-hybridized carbons (Fsp3) is 0.267. The van der Waals surface area contributed by atoms with E-state index in [0.717, 1.165) is 18.5 Å². The van der Waals surface area contributed by atoms with Crippen LogP contribution in [-0.4, -0.2) is 58.2 Å². The molecule has 1 saturated heterocycles. The van der Waals surface area contributed by atoms with Crippen LogP contribution in [0.4, 0.5) is 5.69 Å². The fourth-order valence-corrected chi connectivity index (χ4v) is 6.00. The van der Waals surface area contributed by atoms with Gasteiger partial charge >= 0.3 is 0 Å². The average molecular weight is 529 g/mol. The summed E-state index contributed by atoms with van der Waals surface area (Å²) < 4.78 is 21.8. The first kappa shape index (κ1) is 25.9. The Labute approximate surface area is 226 Å². The monoisotopic (exact) mass is 528 g/mol. The predicted octanol–water partition coefficient (Wildman–Crippen LogP) is 5.07. The number of hydrogen-bond acceptors (Lipinski definition) is 5. The van der Waals surface area contributed by atoms with Crippen molar-refractivity contribution in [2.75, 3.05) is 38.0 Å². The molecular formula is C30H32N4O3S. The molecule has 0 bridgehead atoms. The lowest BCUT2D eigenvalue weighted by Crippen LogP contribution is -2.54. The molecule has 7 nitrogen and oxygen atoms in total. The van der Waals surface area contributed by atoms with Crippen molar-refractivity contribution in [2.45, 2.75) is 24.3 Å². The number of nitrogens with zero attached hydrogens (tertiary/aromatic N) is 3. The predicted molar refractivity (Wildman–Crippen MR) is 152 cm³/mol. The first-order valence-electron chi connectivity index (χ1n) is 12.7. The molecule has 1 amide bonds. The van der Waals surface area contributed by atoms with E-state index in [9.17, 15) is 9.00 Å². The third-order valence-electron chi connectivity index (χ3n) is 7.28. The first-order valence-corrected chi connectivity index (χ1v) is 13.8. The molecule has 1 aliphatic heterocycles. The van der Waals surface area contributed by atoms with Gasteiger partial charge in [0.2, 0.25) is 0 Å². The molecular weight excluding hydrogens is 496 g/mol. The van der Waals surface area contributed by atoms with Crippen LogP contribution in [0.15, 0.2) is 90.0 Å². The number of fused-ring (bicyclic) bond motifs is 1. The number of benzene rings is 3. The molecule has 1 atom stereocenters. The molecule has 1 unspecified atom stereocenters. The van der Waals surface area contributed by atoms with E-state index in [2.05, 4.69) is 52.7 Å². The molecule has 5 rings (SSSR count). The molecule has 3 aromatic carbocycles. The number of pyridine rings is 1. The van der Waals surface area contributed by atoms with Gasteiger partial charge in [-0.1, -0.05) is 48.5 Å². The Morgan fingerprint density at radius 1 is 0.947 bits per heavy atom. The molecule has 0 saturated carbocycles. The number of rotatable bonds is 7. The number of anilines is 1. The van der Waals surface area contributed by atoms with E-state index in [0.29, 0.717) is 40.5 Å². The van der Waals surface area contributed by atoms with Crippen molar-refractivity contribution in [2.24, 2.45) is 0 Å². The zero-order valence-electron chi connectivity index (χ0n) is 21.9. The maximum Gasteiger partial charge on any atom is 0.254 e. The van der Waals surface area contributed by atoms with Crippen molar-refractivity contribution in [1.29, 1.82) is 0 Å². The highest BCUT2D eigenvalue weighted by Crippen LogP contribution is 2.31. The van der Waals surface area contributed by atoms with Crippen molar-refractivity contribution in [1.82, 2.24) is 14.8 Å². The Morgan fingerprint density at radius 2 is 1.68 bits per heavy atom. The van der Waals surface area contributed by atoms with E-state index in [1.165, 1.54) is 5.56 Å². The van der Waals surface area contributed by atoms with Crippen molar-refractivity contribution in [3.63, 3.8) is 0 Å². The average Bonchev–Trinajstić information content (AvgIpc) is 2.97. The summed E-state index contributed by atoms with van der Waals surface area (Å²) in [6.45, 7) is 7.35. The minimum absolute atomic E-state index is 0.0357. The zero-order chi connectivity index (χ0) is 26.7. The molecule has 0 spiro atoms. The number of methoxy groups -OCH3 is 1. The second-order valence-corrected chi connectivity index (χ2v) is 11.0. The summed E-state index contributed by atoms with van der Waals surface area (Å²) in [6.07, 6.45) is 1.69. The molecule has 38 heavy (non-hydrogen) atoms. The maximum absolute atomic E-state index is 13.4. The van der Waals surface area contributed by atoms with Gasteiger partial charge in [0.25, 0.3) is 5.91 Å². The van der Waals surface area contributed by atoms with Gasteiger partial charge in [-0.2, -0.15) is 0 Å². The Bertz CT molecular complexity index is 1460. The van der Waals surface area contributed by atoms with Crippen LogP contribution >= 0.6 is 0 Å². The summed E-state index contributed by atoms with van der Waals surface area (Å²) in [5, 5.41) is 0.917. The number of carbonyl (C=O) groups excluding carboxylic acids is 1. The largest absolute Gasteiger partial charge is 0.495 e. The summed E-state index contributed by atoms with van der Waals surface area (Å²) in [5.74, 6) is 0.424. The van der Waals surface area contributed by atoms with Crippen LogP contribution in [-0.2, 0) is 16.5 Å². The molecule has 1 aliphatic rings. The van der Waals surface area contributed by atoms with Crippen LogP contribution in [0.1, 0.15) is 29.8 Å². The Hall–Kier alpha value is -3.75. The minimum atomic E-state index is -1.56. The molecule has 0 radical (unpaired) electrons. The number of hydrogen-bond donors (Lipinski definition) is 1. The van der Waals surface area contributed by atoms with E-state index in [-0.39, 0.29) is 11.4 Å². The number of nitrogens with one attached hydrogen (secondary N) is 1. The molecule has 1 aromatic heterocycles. The number of ether oxygens (including phenoxy) is 1. The molecule has 1 fully saturated rings. The van der Waals surface area contributed by atoms with Crippen molar-refractivity contribution >= 4 is 33.5 Å². The summed E-state index contributed by atoms with van der Waals surface area (Å²) >= 11 is 0. The summed E-state index contributed by atoms with van der Waals surface area (Å²) in [4.78, 5) is 22.7. The lowest BCUT2D eigenvalue weighted by molar-refractivity contribution is 0.0391. The third-order valence-corrected chi connectivity index (χ3v) is 8.42. The van der Waals surface area contributed by atoms with Gasteiger partial charge in [-0.25, -0.2) is 4.21 Å². The Balaban J connectivity index is 1.27. The molecule has 1 N–H and O–H groups in total. The van der Waals surface area contributed by atoms with E-state index in [1.807, 2.05) is 35.2 Å². The number of carbonyl (C=O) groups is 1. The number of piperazine rings is 1. The van der Waals surface area contributed by atoms with Gasteiger partial charge in [-0.05, 0) is 49.7 Å². The van der Waals surface area contributed by atoms with Crippen LogP contribution < -0.4 is 9.46 Å². The highest BCUT2D eigenvalue weighted by atomic mass is 32.2. The van der Waals surface area contributed by atoms with Crippen molar-refractivity contribution in [3.05, 3.63) is 96.2 Å². The lowest BCUT2D eigenvalue weighted by Gasteiger charge is -2.44. The van der Waals surface area contributed by atoms with Crippen LogP contribution in [0, 0.1) is 0 Å². The number of amides is 1. The molecule has 4 aromatic rings. The number of aromatic nitrogens is 1. The second kappa shape index (κ2) is 10.9.